The maximum Gasteiger partial charge on any atom is 0.306 e. The molecule has 0 aromatic carbocycles. The van der Waals surface area contributed by atoms with E-state index in [-0.39, 0.29) is 24.9 Å². The first-order valence-corrected chi connectivity index (χ1v) is 27.9. The van der Waals surface area contributed by atoms with Crippen LogP contribution in [0.5, 0.6) is 0 Å². The number of hydrogen-bond donors (Lipinski definition) is 3. The molecule has 0 bridgehead atoms. The third-order valence-corrected chi connectivity index (χ3v) is 13.1. The fraction of sp³-hybridized carbons (Fsp3) is 0.929. The molecule has 0 saturated carbocycles. The number of allylic oxidation sites excluding steroid dienone is 2. The Morgan fingerprint density at radius 1 is 0.452 bits per heavy atom. The van der Waals surface area contributed by atoms with Crippen LogP contribution in [0.3, 0.4) is 0 Å². The van der Waals surface area contributed by atoms with E-state index in [1.54, 1.807) is 0 Å². The van der Waals surface area contributed by atoms with E-state index in [0.29, 0.717) is 19.3 Å². The zero-order valence-electron chi connectivity index (χ0n) is 42.0. The minimum Gasteiger partial charge on any atom is -0.462 e. The molecule has 3 N–H and O–H groups in total. The number of carbonyl (C=O) groups is 2. The molecule has 6 heteroatoms. The van der Waals surface area contributed by atoms with E-state index in [1.807, 2.05) is 0 Å². The van der Waals surface area contributed by atoms with Crippen LogP contribution in [0.1, 0.15) is 310 Å². The lowest BCUT2D eigenvalue weighted by Crippen LogP contribution is -2.46. The largest absolute Gasteiger partial charge is 0.462 e. The number of amides is 1. The normalized spacial score (nSPS) is 13.2. The van der Waals surface area contributed by atoms with Crippen LogP contribution in [-0.2, 0) is 14.3 Å². The van der Waals surface area contributed by atoms with Gasteiger partial charge in [-0.25, -0.2) is 0 Å². The van der Waals surface area contributed by atoms with Gasteiger partial charge >= 0.3 is 5.97 Å². The van der Waals surface area contributed by atoms with Gasteiger partial charge in [0.1, 0.15) is 6.10 Å². The van der Waals surface area contributed by atoms with Crippen LogP contribution in [0.25, 0.3) is 0 Å². The molecular weight excluding hydrogens is 767 g/mol. The van der Waals surface area contributed by atoms with Crippen molar-refractivity contribution in [1.29, 1.82) is 0 Å². The van der Waals surface area contributed by atoms with Crippen molar-refractivity contribution in [2.75, 3.05) is 6.61 Å². The summed E-state index contributed by atoms with van der Waals surface area (Å²) in [6.45, 7) is 6.51. The summed E-state index contributed by atoms with van der Waals surface area (Å²) in [5.41, 5.74) is 0. The summed E-state index contributed by atoms with van der Waals surface area (Å²) in [5.74, 6) is -0.458. The van der Waals surface area contributed by atoms with Crippen LogP contribution in [0, 0.1) is 0 Å². The minimum atomic E-state index is -0.782. The van der Waals surface area contributed by atoms with Crippen molar-refractivity contribution in [2.45, 2.75) is 328 Å². The third kappa shape index (κ3) is 45.2. The molecule has 0 aliphatic rings. The summed E-state index contributed by atoms with van der Waals surface area (Å²) < 4.78 is 5.96. The maximum atomic E-state index is 13.2. The number of rotatable bonds is 51. The van der Waals surface area contributed by atoms with Gasteiger partial charge in [-0.2, -0.15) is 0 Å². The molecule has 0 radical (unpaired) electrons. The molecule has 3 unspecified atom stereocenters. The Morgan fingerprint density at radius 3 is 1.15 bits per heavy atom. The highest BCUT2D eigenvalue weighted by atomic mass is 16.5. The monoisotopic (exact) mass is 876 g/mol. The predicted molar refractivity (Wildman–Crippen MR) is 269 cm³/mol. The number of unbranched alkanes of at least 4 members (excludes halogenated alkanes) is 37. The molecule has 0 aromatic heterocycles. The average Bonchev–Trinajstić information content (AvgIpc) is 3.26. The lowest BCUT2D eigenvalue weighted by Gasteiger charge is -2.24. The van der Waals surface area contributed by atoms with Gasteiger partial charge in [0.2, 0.25) is 5.91 Å². The van der Waals surface area contributed by atoms with E-state index in [9.17, 15) is 19.8 Å². The van der Waals surface area contributed by atoms with Gasteiger partial charge in [-0.05, 0) is 51.4 Å². The van der Waals surface area contributed by atoms with E-state index in [2.05, 4.69) is 38.2 Å². The Labute approximate surface area is 387 Å². The van der Waals surface area contributed by atoms with Crippen LogP contribution in [0.2, 0.25) is 0 Å². The SMILES string of the molecule is CCCCCCCC/C=C/CCCCCCCCCC(=O)OC(CCCCCCCCCCCCCCCC)CC(=O)NC(CO)C(O)CCCCCCCCCCCCCC. The Kier molecular flexibility index (Phi) is 49.5. The molecule has 0 saturated heterocycles. The molecule has 3 atom stereocenters. The molecule has 0 aliphatic heterocycles. The summed E-state index contributed by atoms with van der Waals surface area (Å²) >= 11 is 0. The van der Waals surface area contributed by atoms with E-state index in [0.717, 1.165) is 44.9 Å². The quantitative estimate of drug-likeness (QED) is 0.0321. The fourth-order valence-corrected chi connectivity index (χ4v) is 8.84. The van der Waals surface area contributed by atoms with Crippen molar-refractivity contribution in [3.05, 3.63) is 12.2 Å². The smallest absolute Gasteiger partial charge is 0.306 e. The highest BCUT2D eigenvalue weighted by Gasteiger charge is 2.24. The standard InChI is InChI=1S/C56H109NO5/c1-4-7-10-13-16-19-22-25-27-28-29-31-34-37-40-43-46-49-56(61)62-52(47-44-41-38-35-32-30-26-23-20-17-14-11-8-5-2)50-55(60)57-53(51-58)54(59)48-45-42-39-36-33-24-21-18-15-12-9-6-3/h25,27,52-54,58-59H,4-24,26,28-51H2,1-3H3,(H,57,60)/b27-25+. The van der Waals surface area contributed by atoms with Crippen molar-refractivity contribution >= 4 is 11.9 Å². The van der Waals surface area contributed by atoms with Crippen LogP contribution in [0.4, 0.5) is 0 Å². The van der Waals surface area contributed by atoms with Crippen molar-refractivity contribution in [3.63, 3.8) is 0 Å². The summed E-state index contributed by atoms with van der Waals surface area (Å²) in [5, 5.41) is 23.8. The number of nitrogens with one attached hydrogen (secondary N) is 1. The van der Waals surface area contributed by atoms with E-state index in [1.165, 1.54) is 218 Å². The van der Waals surface area contributed by atoms with Gasteiger partial charge in [-0.3, -0.25) is 9.59 Å². The topological polar surface area (TPSA) is 95.9 Å². The zero-order chi connectivity index (χ0) is 45.2. The van der Waals surface area contributed by atoms with Crippen molar-refractivity contribution in [1.82, 2.24) is 5.32 Å². The molecular formula is C56H109NO5. The molecule has 6 nitrogen and oxygen atoms in total. The highest BCUT2D eigenvalue weighted by molar-refractivity contribution is 5.77. The Balaban J connectivity index is 4.51. The Bertz CT molecular complexity index is 939. The van der Waals surface area contributed by atoms with E-state index >= 15 is 0 Å². The number of aliphatic hydroxyl groups is 2. The van der Waals surface area contributed by atoms with E-state index in [4.69, 9.17) is 4.74 Å². The number of carbonyl (C=O) groups excluding carboxylic acids is 2. The molecule has 0 fully saturated rings. The minimum absolute atomic E-state index is 0.0836. The fourth-order valence-electron chi connectivity index (χ4n) is 8.84. The number of esters is 1. The summed E-state index contributed by atoms with van der Waals surface area (Å²) in [7, 11) is 0. The van der Waals surface area contributed by atoms with Gasteiger partial charge in [-0.15, -0.1) is 0 Å². The molecule has 0 heterocycles. The van der Waals surface area contributed by atoms with Gasteiger partial charge in [0.15, 0.2) is 0 Å². The molecule has 0 rings (SSSR count). The Morgan fingerprint density at radius 2 is 0.774 bits per heavy atom. The molecule has 1 amide bonds. The number of ether oxygens (including phenoxy) is 1. The second-order valence-corrected chi connectivity index (χ2v) is 19.3. The van der Waals surface area contributed by atoms with Gasteiger partial charge in [0.25, 0.3) is 0 Å². The van der Waals surface area contributed by atoms with Crippen molar-refractivity contribution in [2.24, 2.45) is 0 Å². The molecule has 0 spiro atoms. The summed E-state index contributed by atoms with van der Waals surface area (Å²) in [4.78, 5) is 26.2. The van der Waals surface area contributed by atoms with Crippen LogP contribution < -0.4 is 5.32 Å². The van der Waals surface area contributed by atoms with Crippen LogP contribution >= 0.6 is 0 Å². The predicted octanol–water partition coefficient (Wildman–Crippen LogP) is 16.9. The number of aliphatic hydroxyl groups excluding tert-OH is 2. The van der Waals surface area contributed by atoms with Crippen molar-refractivity contribution in [3.8, 4) is 0 Å². The maximum absolute atomic E-state index is 13.2. The van der Waals surface area contributed by atoms with Crippen molar-refractivity contribution < 1.29 is 24.5 Å². The van der Waals surface area contributed by atoms with Gasteiger partial charge in [-0.1, -0.05) is 258 Å². The third-order valence-electron chi connectivity index (χ3n) is 13.1. The van der Waals surface area contributed by atoms with Crippen LogP contribution in [0.15, 0.2) is 12.2 Å². The molecule has 0 aromatic rings. The molecule has 62 heavy (non-hydrogen) atoms. The highest BCUT2D eigenvalue weighted by Crippen LogP contribution is 2.19. The second kappa shape index (κ2) is 50.6. The zero-order valence-corrected chi connectivity index (χ0v) is 42.0. The lowest BCUT2D eigenvalue weighted by atomic mass is 10.0. The summed E-state index contributed by atoms with van der Waals surface area (Å²) in [6, 6.07) is -0.695. The second-order valence-electron chi connectivity index (χ2n) is 19.3. The first kappa shape index (κ1) is 60.6. The van der Waals surface area contributed by atoms with Gasteiger partial charge in [0.05, 0.1) is 25.2 Å². The number of hydrogen-bond acceptors (Lipinski definition) is 5. The lowest BCUT2D eigenvalue weighted by molar-refractivity contribution is -0.151. The van der Waals surface area contributed by atoms with Gasteiger partial charge in [0, 0.05) is 6.42 Å². The van der Waals surface area contributed by atoms with E-state index < -0.39 is 18.2 Å². The first-order chi connectivity index (χ1) is 30.5. The Hall–Kier alpha value is -1.40. The summed E-state index contributed by atoms with van der Waals surface area (Å²) in [6.07, 6.45) is 57.0. The molecule has 0 aliphatic carbocycles. The van der Waals surface area contributed by atoms with Crippen LogP contribution in [-0.4, -0.2) is 46.9 Å². The van der Waals surface area contributed by atoms with Gasteiger partial charge < -0.3 is 20.3 Å². The average molecular weight is 876 g/mol. The molecule has 368 valence electrons. The first-order valence-electron chi connectivity index (χ1n) is 27.9.